The number of carboxylic acids is 1. The first kappa shape index (κ1) is 10.3. The van der Waals surface area contributed by atoms with Crippen molar-refractivity contribution in [2.24, 2.45) is 0 Å². The second-order valence-corrected chi connectivity index (χ2v) is 2.66. The Bertz CT molecular complexity index is 363. The monoisotopic (exact) mass is 190 g/mol. The lowest BCUT2D eigenvalue weighted by atomic mass is 10.1. The molecule has 0 unspecified atom stereocenters. The van der Waals surface area contributed by atoms with Crippen molar-refractivity contribution in [2.45, 2.75) is 6.61 Å². The molecule has 14 heavy (non-hydrogen) atoms. The molecule has 0 amide bonds. The van der Waals surface area contributed by atoms with Gasteiger partial charge < -0.3 is 9.84 Å². The van der Waals surface area contributed by atoms with Gasteiger partial charge in [0.1, 0.15) is 6.61 Å². The first-order valence-corrected chi connectivity index (χ1v) is 4.08. The molecule has 1 aromatic rings. The summed E-state index contributed by atoms with van der Waals surface area (Å²) in [6.45, 7) is 0.417. The van der Waals surface area contributed by atoms with E-state index < -0.39 is 5.97 Å². The molecule has 0 saturated heterocycles. The first-order valence-electron chi connectivity index (χ1n) is 4.08. The molecule has 0 aliphatic heterocycles. The summed E-state index contributed by atoms with van der Waals surface area (Å²) in [6, 6.07) is 6.69. The van der Waals surface area contributed by atoms with Gasteiger partial charge in [0.15, 0.2) is 0 Å². The molecule has 1 N–H and O–H groups in total. The fraction of sp³-hybridized carbons (Fsp3) is 0.182. The zero-order valence-electron chi connectivity index (χ0n) is 7.56. The predicted molar refractivity (Wildman–Crippen MR) is 51.9 cm³/mol. The molecule has 0 aromatic heterocycles. The molecule has 0 aliphatic carbocycles. The number of ether oxygens (including phenoxy) is 1. The molecule has 72 valence electrons. The van der Waals surface area contributed by atoms with Crippen molar-refractivity contribution in [3.8, 4) is 12.3 Å². The van der Waals surface area contributed by atoms with Gasteiger partial charge in [-0.1, -0.05) is 24.1 Å². The normalized spacial score (nSPS) is 9.36. The molecule has 1 rings (SSSR count). The van der Waals surface area contributed by atoms with Crippen LogP contribution in [0.15, 0.2) is 24.3 Å². The molecule has 0 saturated carbocycles. The fourth-order valence-electron chi connectivity index (χ4n) is 1.07. The SMILES string of the molecule is C#CCOCc1ccccc1C(=O)O. The van der Waals surface area contributed by atoms with Crippen LogP contribution in [0.3, 0.4) is 0 Å². The summed E-state index contributed by atoms with van der Waals surface area (Å²) in [5, 5.41) is 8.83. The molecule has 0 atom stereocenters. The third-order valence-electron chi connectivity index (χ3n) is 1.69. The highest BCUT2D eigenvalue weighted by molar-refractivity contribution is 5.89. The van der Waals surface area contributed by atoms with E-state index in [1.807, 2.05) is 0 Å². The Kier molecular flexibility index (Phi) is 3.71. The average molecular weight is 190 g/mol. The summed E-state index contributed by atoms with van der Waals surface area (Å²) >= 11 is 0. The number of rotatable bonds is 4. The highest BCUT2D eigenvalue weighted by atomic mass is 16.5. The van der Waals surface area contributed by atoms with Gasteiger partial charge in [-0.05, 0) is 11.6 Å². The van der Waals surface area contributed by atoms with Gasteiger partial charge in [0.05, 0.1) is 12.2 Å². The first-order chi connectivity index (χ1) is 6.75. The smallest absolute Gasteiger partial charge is 0.336 e. The fourth-order valence-corrected chi connectivity index (χ4v) is 1.07. The number of terminal acetylenes is 1. The lowest BCUT2D eigenvalue weighted by Gasteiger charge is -2.04. The van der Waals surface area contributed by atoms with Crippen molar-refractivity contribution in [3.63, 3.8) is 0 Å². The van der Waals surface area contributed by atoms with Crippen LogP contribution < -0.4 is 0 Å². The third-order valence-corrected chi connectivity index (χ3v) is 1.69. The Balaban J connectivity index is 2.75. The van der Waals surface area contributed by atoms with E-state index in [-0.39, 0.29) is 18.8 Å². The van der Waals surface area contributed by atoms with Gasteiger partial charge in [0.25, 0.3) is 0 Å². The Morgan fingerprint density at radius 3 is 2.86 bits per heavy atom. The van der Waals surface area contributed by atoms with Gasteiger partial charge in [0, 0.05) is 0 Å². The van der Waals surface area contributed by atoms with Crippen molar-refractivity contribution >= 4 is 5.97 Å². The maximum Gasteiger partial charge on any atom is 0.336 e. The van der Waals surface area contributed by atoms with Crippen molar-refractivity contribution in [3.05, 3.63) is 35.4 Å². The second kappa shape index (κ2) is 5.05. The Morgan fingerprint density at radius 2 is 2.21 bits per heavy atom. The summed E-state index contributed by atoms with van der Waals surface area (Å²) in [5.41, 5.74) is 0.889. The minimum atomic E-state index is -0.954. The molecule has 0 heterocycles. The molecule has 0 fully saturated rings. The van der Waals surface area contributed by atoms with Gasteiger partial charge in [-0.3, -0.25) is 0 Å². The summed E-state index contributed by atoms with van der Waals surface area (Å²) in [7, 11) is 0. The van der Waals surface area contributed by atoms with E-state index in [2.05, 4.69) is 5.92 Å². The van der Waals surface area contributed by atoms with Crippen LogP contribution in [0.1, 0.15) is 15.9 Å². The minimum absolute atomic E-state index is 0.188. The van der Waals surface area contributed by atoms with Crippen LogP contribution in [0.4, 0.5) is 0 Å². The largest absolute Gasteiger partial charge is 0.478 e. The van der Waals surface area contributed by atoms with E-state index in [1.54, 1.807) is 18.2 Å². The van der Waals surface area contributed by atoms with E-state index in [0.717, 1.165) is 0 Å². The maximum absolute atomic E-state index is 10.8. The lowest BCUT2D eigenvalue weighted by Crippen LogP contribution is -2.03. The van der Waals surface area contributed by atoms with Crippen LogP contribution in [-0.2, 0) is 11.3 Å². The van der Waals surface area contributed by atoms with Crippen LogP contribution in [0, 0.1) is 12.3 Å². The van der Waals surface area contributed by atoms with Gasteiger partial charge in [0.2, 0.25) is 0 Å². The average Bonchev–Trinajstić information content (AvgIpc) is 2.19. The number of aromatic carboxylic acids is 1. The van der Waals surface area contributed by atoms with Gasteiger partial charge >= 0.3 is 5.97 Å². The number of hydrogen-bond donors (Lipinski definition) is 1. The summed E-state index contributed by atoms with van der Waals surface area (Å²) in [4.78, 5) is 10.8. The Labute approximate surface area is 82.3 Å². The topological polar surface area (TPSA) is 46.5 Å². The number of hydrogen-bond acceptors (Lipinski definition) is 2. The quantitative estimate of drug-likeness (QED) is 0.578. The van der Waals surface area contributed by atoms with Crippen molar-refractivity contribution in [2.75, 3.05) is 6.61 Å². The highest BCUT2D eigenvalue weighted by Gasteiger charge is 2.07. The predicted octanol–water partition coefficient (Wildman–Crippen LogP) is 1.53. The minimum Gasteiger partial charge on any atom is -0.478 e. The summed E-state index contributed by atoms with van der Waals surface area (Å²) in [6.07, 6.45) is 5.00. The van der Waals surface area contributed by atoms with Crippen molar-refractivity contribution in [1.82, 2.24) is 0 Å². The van der Waals surface area contributed by atoms with Crippen molar-refractivity contribution in [1.29, 1.82) is 0 Å². The van der Waals surface area contributed by atoms with Crippen LogP contribution >= 0.6 is 0 Å². The van der Waals surface area contributed by atoms with E-state index in [1.165, 1.54) is 6.07 Å². The summed E-state index contributed by atoms with van der Waals surface area (Å²) in [5.74, 6) is 1.36. The van der Waals surface area contributed by atoms with Crippen LogP contribution in [-0.4, -0.2) is 17.7 Å². The molecule has 0 bridgehead atoms. The van der Waals surface area contributed by atoms with Crippen LogP contribution in [0.5, 0.6) is 0 Å². The van der Waals surface area contributed by atoms with Crippen molar-refractivity contribution < 1.29 is 14.6 Å². The zero-order chi connectivity index (χ0) is 10.4. The molecular weight excluding hydrogens is 180 g/mol. The number of benzene rings is 1. The van der Waals surface area contributed by atoms with Crippen LogP contribution in [0.25, 0.3) is 0 Å². The van der Waals surface area contributed by atoms with E-state index in [4.69, 9.17) is 16.3 Å². The highest BCUT2D eigenvalue weighted by Crippen LogP contribution is 2.09. The molecule has 0 radical (unpaired) electrons. The van der Waals surface area contributed by atoms with E-state index in [0.29, 0.717) is 5.56 Å². The van der Waals surface area contributed by atoms with Gasteiger partial charge in [-0.15, -0.1) is 6.42 Å². The maximum atomic E-state index is 10.8. The molecule has 3 nitrogen and oxygen atoms in total. The number of carbonyl (C=O) groups is 1. The van der Waals surface area contributed by atoms with E-state index in [9.17, 15) is 4.79 Å². The molecular formula is C11H10O3. The number of carboxylic acid groups (broad SMARTS) is 1. The van der Waals surface area contributed by atoms with E-state index >= 15 is 0 Å². The third kappa shape index (κ3) is 2.61. The standard InChI is InChI=1S/C11H10O3/c1-2-7-14-8-9-5-3-4-6-10(9)11(12)13/h1,3-6H,7-8H2,(H,12,13). The van der Waals surface area contributed by atoms with Gasteiger partial charge in [-0.25, -0.2) is 4.79 Å². The Morgan fingerprint density at radius 1 is 1.50 bits per heavy atom. The molecule has 0 aliphatic rings. The molecule has 3 heteroatoms. The van der Waals surface area contributed by atoms with Gasteiger partial charge in [-0.2, -0.15) is 0 Å². The molecule has 1 aromatic carbocycles. The second-order valence-electron chi connectivity index (χ2n) is 2.66. The zero-order valence-corrected chi connectivity index (χ0v) is 7.56. The lowest BCUT2D eigenvalue weighted by molar-refractivity contribution is 0.0690. The Hall–Kier alpha value is -1.79. The summed E-state index contributed by atoms with van der Waals surface area (Å²) < 4.78 is 5.06. The van der Waals surface area contributed by atoms with Crippen LogP contribution in [0.2, 0.25) is 0 Å². The molecule has 0 spiro atoms.